The standard InChI is InChI=1S/C11H10FN3O2/c1-6-5-7(3-4-8(16)17)9(12)10-11(6)15(2)14-13-10/h3-5H,1-2H3,(H,16,17)/b4-3+. The van der Waals surface area contributed by atoms with Gasteiger partial charge in [-0.25, -0.2) is 13.9 Å². The molecule has 17 heavy (non-hydrogen) atoms. The van der Waals surface area contributed by atoms with Crippen LogP contribution in [0.1, 0.15) is 11.1 Å². The lowest BCUT2D eigenvalue weighted by Gasteiger charge is -2.02. The van der Waals surface area contributed by atoms with Gasteiger partial charge in [0.25, 0.3) is 0 Å². The second-order valence-electron chi connectivity index (χ2n) is 3.68. The molecular formula is C11H10FN3O2. The average molecular weight is 235 g/mol. The quantitative estimate of drug-likeness (QED) is 0.801. The molecule has 5 nitrogen and oxygen atoms in total. The van der Waals surface area contributed by atoms with Gasteiger partial charge in [-0.15, -0.1) is 5.10 Å². The van der Waals surface area contributed by atoms with Crippen molar-refractivity contribution in [3.8, 4) is 0 Å². The number of rotatable bonds is 2. The van der Waals surface area contributed by atoms with Crippen LogP contribution in [0.5, 0.6) is 0 Å². The van der Waals surface area contributed by atoms with E-state index in [0.29, 0.717) is 5.52 Å². The number of benzene rings is 1. The van der Waals surface area contributed by atoms with E-state index in [1.165, 1.54) is 10.8 Å². The van der Waals surface area contributed by atoms with Crippen LogP contribution in [0.15, 0.2) is 12.1 Å². The van der Waals surface area contributed by atoms with Gasteiger partial charge in [-0.1, -0.05) is 5.21 Å². The molecule has 1 N–H and O–H groups in total. The van der Waals surface area contributed by atoms with Crippen LogP contribution >= 0.6 is 0 Å². The first-order valence-electron chi connectivity index (χ1n) is 4.90. The van der Waals surface area contributed by atoms with Crippen LogP contribution in [0, 0.1) is 12.7 Å². The van der Waals surface area contributed by atoms with Gasteiger partial charge >= 0.3 is 5.97 Å². The summed E-state index contributed by atoms with van der Waals surface area (Å²) < 4.78 is 15.4. The predicted octanol–water partition coefficient (Wildman–Crippen LogP) is 1.51. The molecule has 2 rings (SSSR count). The lowest BCUT2D eigenvalue weighted by molar-refractivity contribution is -0.131. The van der Waals surface area contributed by atoms with E-state index in [1.54, 1.807) is 20.0 Å². The maximum atomic E-state index is 14.0. The van der Waals surface area contributed by atoms with E-state index in [2.05, 4.69) is 10.3 Å². The van der Waals surface area contributed by atoms with E-state index >= 15 is 0 Å². The van der Waals surface area contributed by atoms with Crippen LogP contribution in [0.4, 0.5) is 4.39 Å². The minimum absolute atomic E-state index is 0.150. The molecule has 2 aromatic rings. The molecule has 0 saturated heterocycles. The lowest BCUT2D eigenvalue weighted by atomic mass is 10.1. The van der Waals surface area contributed by atoms with E-state index in [-0.39, 0.29) is 11.1 Å². The van der Waals surface area contributed by atoms with E-state index in [0.717, 1.165) is 11.6 Å². The predicted molar refractivity (Wildman–Crippen MR) is 59.9 cm³/mol. The van der Waals surface area contributed by atoms with Crippen molar-refractivity contribution in [1.82, 2.24) is 15.0 Å². The van der Waals surface area contributed by atoms with Gasteiger partial charge in [-0.3, -0.25) is 0 Å². The van der Waals surface area contributed by atoms with Crippen LogP contribution in [0.3, 0.4) is 0 Å². The second-order valence-corrected chi connectivity index (χ2v) is 3.68. The molecule has 1 heterocycles. The summed E-state index contributed by atoms with van der Waals surface area (Å²) in [5, 5.41) is 16.0. The first-order chi connectivity index (χ1) is 8.00. The zero-order chi connectivity index (χ0) is 12.6. The highest BCUT2D eigenvalue weighted by Crippen LogP contribution is 2.23. The fourth-order valence-corrected chi connectivity index (χ4v) is 1.73. The van der Waals surface area contributed by atoms with Crippen molar-refractivity contribution in [3.63, 3.8) is 0 Å². The molecule has 0 fully saturated rings. The third-order valence-electron chi connectivity index (χ3n) is 2.44. The third-order valence-corrected chi connectivity index (χ3v) is 2.44. The summed E-state index contributed by atoms with van der Waals surface area (Å²) in [6, 6.07) is 1.57. The van der Waals surface area contributed by atoms with Crippen LogP contribution in [-0.2, 0) is 11.8 Å². The molecule has 1 aromatic heterocycles. The highest BCUT2D eigenvalue weighted by molar-refractivity contribution is 5.88. The summed E-state index contributed by atoms with van der Waals surface area (Å²) in [6.45, 7) is 1.79. The summed E-state index contributed by atoms with van der Waals surface area (Å²) >= 11 is 0. The number of hydrogen-bond donors (Lipinski definition) is 1. The van der Waals surface area contributed by atoms with Crippen molar-refractivity contribution in [1.29, 1.82) is 0 Å². The van der Waals surface area contributed by atoms with Crippen molar-refractivity contribution in [2.75, 3.05) is 0 Å². The number of carbonyl (C=O) groups is 1. The third kappa shape index (κ3) is 1.89. The monoisotopic (exact) mass is 235 g/mol. The van der Waals surface area contributed by atoms with Crippen molar-refractivity contribution in [3.05, 3.63) is 29.1 Å². The normalized spacial score (nSPS) is 11.5. The summed E-state index contributed by atoms with van der Waals surface area (Å²) in [4.78, 5) is 10.4. The Hall–Kier alpha value is -2.24. The van der Waals surface area contributed by atoms with Crippen LogP contribution in [0.25, 0.3) is 17.1 Å². The van der Waals surface area contributed by atoms with Gasteiger partial charge in [0.15, 0.2) is 5.82 Å². The number of halogens is 1. The fraction of sp³-hybridized carbons (Fsp3) is 0.182. The summed E-state index contributed by atoms with van der Waals surface area (Å²) in [5.74, 6) is -1.68. The van der Waals surface area contributed by atoms with Gasteiger partial charge in [-0.05, 0) is 24.6 Å². The Kier molecular flexibility index (Phi) is 2.63. The number of aromatic nitrogens is 3. The molecule has 0 spiro atoms. The maximum absolute atomic E-state index is 14.0. The Morgan fingerprint density at radius 3 is 2.94 bits per heavy atom. The highest BCUT2D eigenvalue weighted by Gasteiger charge is 2.13. The first-order valence-corrected chi connectivity index (χ1v) is 4.90. The molecule has 0 saturated carbocycles. The molecule has 1 aromatic carbocycles. The van der Waals surface area contributed by atoms with Crippen molar-refractivity contribution in [2.24, 2.45) is 7.05 Å². The van der Waals surface area contributed by atoms with E-state index in [4.69, 9.17) is 5.11 Å². The summed E-state index contributed by atoms with van der Waals surface area (Å²) in [7, 11) is 1.68. The largest absolute Gasteiger partial charge is 0.478 e. The highest BCUT2D eigenvalue weighted by atomic mass is 19.1. The van der Waals surface area contributed by atoms with E-state index < -0.39 is 11.8 Å². The minimum atomic E-state index is -1.12. The van der Waals surface area contributed by atoms with E-state index in [1.807, 2.05) is 0 Å². The van der Waals surface area contributed by atoms with Gasteiger partial charge in [0.2, 0.25) is 0 Å². The number of carboxylic acids is 1. The Balaban J connectivity index is 2.67. The summed E-state index contributed by atoms with van der Waals surface area (Å²) in [6.07, 6.45) is 2.10. The zero-order valence-electron chi connectivity index (χ0n) is 9.31. The van der Waals surface area contributed by atoms with E-state index in [9.17, 15) is 9.18 Å². The molecule has 0 unspecified atom stereocenters. The van der Waals surface area contributed by atoms with Gasteiger partial charge in [0, 0.05) is 18.7 Å². The molecule has 0 atom stereocenters. The van der Waals surface area contributed by atoms with Gasteiger partial charge < -0.3 is 5.11 Å². The molecule has 0 aliphatic carbocycles. The molecule has 0 aliphatic heterocycles. The molecule has 0 aliphatic rings. The van der Waals surface area contributed by atoms with Crippen molar-refractivity contribution < 1.29 is 14.3 Å². The molecule has 0 bridgehead atoms. The van der Waals surface area contributed by atoms with Crippen LogP contribution in [0.2, 0.25) is 0 Å². The molecule has 0 radical (unpaired) electrons. The van der Waals surface area contributed by atoms with Gasteiger partial charge in [0.05, 0.1) is 5.52 Å². The van der Waals surface area contributed by atoms with Gasteiger partial charge in [0.1, 0.15) is 5.52 Å². The Labute approximate surface area is 96.2 Å². The van der Waals surface area contributed by atoms with Crippen LogP contribution < -0.4 is 0 Å². The molecule has 6 heteroatoms. The first kappa shape index (κ1) is 11.3. The zero-order valence-corrected chi connectivity index (χ0v) is 9.31. The Bertz CT molecular complexity index is 631. The fourth-order valence-electron chi connectivity index (χ4n) is 1.73. The Morgan fingerprint density at radius 2 is 2.29 bits per heavy atom. The smallest absolute Gasteiger partial charge is 0.328 e. The number of nitrogens with zero attached hydrogens (tertiary/aromatic N) is 3. The SMILES string of the molecule is Cc1cc(/C=C/C(=O)O)c(F)c2nnn(C)c12. The number of hydrogen-bond acceptors (Lipinski definition) is 3. The Morgan fingerprint density at radius 1 is 1.59 bits per heavy atom. The van der Waals surface area contributed by atoms with Gasteiger partial charge in [-0.2, -0.15) is 0 Å². The molecular weight excluding hydrogens is 225 g/mol. The second kappa shape index (κ2) is 3.97. The number of aliphatic carboxylic acids is 1. The van der Waals surface area contributed by atoms with Crippen molar-refractivity contribution >= 4 is 23.1 Å². The number of carboxylic acid groups (broad SMARTS) is 1. The average Bonchev–Trinajstić information content (AvgIpc) is 2.64. The summed E-state index contributed by atoms with van der Waals surface area (Å²) in [5.41, 5.74) is 1.74. The van der Waals surface area contributed by atoms with Crippen LogP contribution in [-0.4, -0.2) is 26.1 Å². The number of aryl methyl sites for hydroxylation is 2. The maximum Gasteiger partial charge on any atom is 0.328 e. The topological polar surface area (TPSA) is 68.0 Å². The minimum Gasteiger partial charge on any atom is -0.478 e. The molecule has 0 amide bonds. The number of fused-ring (bicyclic) bond motifs is 1. The van der Waals surface area contributed by atoms with Crippen molar-refractivity contribution in [2.45, 2.75) is 6.92 Å². The molecule has 88 valence electrons. The lowest BCUT2D eigenvalue weighted by Crippen LogP contribution is -1.94.